The molecule has 0 saturated carbocycles. The monoisotopic (exact) mass is 258 g/mol. The maximum absolute atomic E-state index is 5.66. The van der Waals surface area contributed by atoms with Crippen LogP contribution in [0.25, 0.3) is 11.1 Å². The fourth-order valence-corrected chi connectivity index (χ4v) is 1.79. The summed E-state index contributed by atoms with van der Waals surface area (Å²) in [6.07, 6.45) is 0.736. The molecule has 0 aliphatic heterocycles. The van der Waals surface area contributed by atoms with Gasteiger partial charge in [-0.3, -0.25) is 0 Å². The minimum atomic E-state index is 0.472. The van der Waals surface area contributed by atoms with Crippen molar-refractivity contribution in [1.29, 1.82) is 0 Å². The van der Waals surface area contributed by atoms with Gasteiger partial charge in [-0.2, -0.15) is 4.98 Å². The first-order valence-electron chi connectivity index (χ1n) is 6.14. The third-order valence-electron chi connectivity index (χ3n) is 2.79. The van der Waals surface area contributed by atoms with Gasteiger partial charge in [-0.05, 0) is 12.1 Å². The predicted molar refractivity (Wildman–Crippen MR) is 69.8 cm³/mol. The predicted octanol–water partition coefficient (Wildman–Crippen LogP) is 2.41. The zero-order valence-electron chi connectivity index (χ0n) is 10.8. The van der Waals surface area contributed by atoms with Crippen LogP contribution in [0.1, 0.15) is 18.7 Å². The van der Waals surface area contributed by atoms with Crippen molar-refractivity contribution in [2.24, 2.45) is 0 Å². The smallest absolute Gasteiger partial charge is 0.298 e. The second kappa shape index (κ2) is 4.72. The summed E-state index contributed by atoms with van der Waals surface area (Å²) in [7, 11) is 1.88. The minimum Gasteiger partial charge on any atom is -0.423 e. The number of rotatable bonds is 4. The Bertz CT molecular complexity index is 656. The number of hydrogen-bond acceptors (Lipinski definition) is 6. The molecule has 3 aromatic rings. The lowest BCUT2D eigenvalue weighted by molar-refractivity contribution is 0.446. The van der Waals surface area contributed by atoms with Crippen molar-refractivity contribution in [3.05, 3.63) is 36.0 Å². The Morgan fingerprint density at radius 3 is 2.63 bits per heavy atom. The summed E-state index contributed by atoms with van der Waals surface area (Å²) in [6, 6.07) is 8.19. The summed E-state index contributed by atoms with van der Waals surface area (Å²) in [5.74, 6) is 1.20. The van der Waals surface area contributed by atoms with E-state index >= 15 is 0 Å². The normalized spacial score (nSPS) is 11.1. The summed E-state index contributed by atoms with van der Waals surface area (Å²) in [5.41, 5.74) is 1.60. The molecule has 6 nitrogen and oxygen atoms in total. The number of fused-ring (bicyclic) bond motifs is 1. The van der Waals surface area contributed by atoms with Crippen LogP contribution >= 0.6 is 0 Å². The van der Waals surface area contributed by atoms with E-state index in [1.165, 1.54) is 0 Å². The molecule has 0 saturated heterocycles. The lowest BCUT2D eigenvalue weighted by atomic mass is 10.3. The van der Waals surface area contributed by atoms with E-state index in [1.807, 2.05) is 43.1 Å². The highest BCUT2D eigenvalue weighted by atomic mass is 16.4. The third-order valence-corrected chi connectivity index (χ3v) is 2.79. The first kappa shape index (κ1) is 11.7. The average molecular weight is 258 g/mol. The van der Waals surface area contributed by atoms with Crippen LogP contribution in [0.15, 0.2) is 33.1 Å². The molecule has 2 heterocycles. The average Bonchev–Trinajstić information content (AvgIpc) is 3.04. The Kier molecular flexibility index (Phi) is 2.91. The highest BCUT2D eigenvalue weighted by Crippen LogP contribution is 2.21. The standard InChI is InChI=1S/C13H14N4O2/c1-3-11-15-16-12(19-11)8-17(2)13-14-9-6-4-5-7-10(9)18-13/h4-7H,3,8H2,1-2H3. The van der Waals surface area contributed by atoms with E-state index in [1.54, 1.807) is 0 Å². The number of para-hydroxylation sites is 2. The van der Waals surface area contributed by atoms with Gasteiger partial charge in [0.05, 0.1) is 0 Å². The van der Waals surface area contributed by atoms with Crippen LogP contribution in [-0.2, 0) is 13.0 Å². The van der Waals surface area contributed by atoms with Gasteiger partial charge in [-0.25, -0.2) is 0 Å². The highest BCUT2D eigenvalue weighted by Gasteiger charge is 2.13. The third kappa shape index (κ3) is 2.29. The Morgan fingerprint density at radius 2 is 1.89 bits per heavy atom. The molecule has 19 heavy (non-hydrogen) atoms. The van der Waals surface area contributed by atoms with E-state index < -0.39 is 0 Å². The van der Waals surface area contributed by atoms with Crippen molar-refractivity contribution in [2.75, 3.05) is 11.9 Å². The van der Waals surface area contributed by atoms with Crippen molar-refractivity contribution in [2.45, 2.75) is 19.9 Å². The molecule has 1 aromatic carbocycles. The first-order valence-corrected chi connectivity index (χ1v) is 6.14. The van der Waals surface area contributed by atoms with Gasteiger partial charge in [-0.15, -0.1) is 10.2 Å². The van der Waals surface area contributed by atoms with E-state index in [0.29, 0.717) is 24.3 Å². The van der Waals surface area contributed by atoms with E-state index in [0.717, 1.165) is 17.5 Å². The van der Waals surface area contributed by atoms with Gasteiger partial charge in [0.1, 0.15) is 12.1 Å². The lowest BCUT2D eigenvalue weighted by Crippen LogP contribution is -2.16. The molecule has 0 bridgehead atoms. The Labute approximate surface area is 110 Å². The van der Waals surface area contributed by atoms with Crippen LogP contribution in [0, 0.1) is 0 Å². The molecule has 2 aromatic heterocycles. The van der Waals surface area contributed by atoms with Crippen LogP contribution in [-0.4, -0.2) is 22.2 Å². The molecule has 0 aliphatic rings. The molecule has 0 radical (unpaired) electrons. The summed E-state index contributed by atoms with van der Waals surface area (Å²) in [6.45, 7) is 2.45. The van der Waals surface area contributed by atoms with Gasteiger partial charge in [0, 0.05) is 13.5 Å². The van der Waals surface area contributed by atoms with E-state index in [2.05, 4.69) is 15.2 Å². The SMILES string of the molecule is CCc1nnc(CN(C)c2nc3ccccc3o2)o1. The second-order valence-corrected chi connectivity index (χ2v) is 4.26. The first-order chi connectivity index (χ1) is 9.26. The summed E-state index contributed by atoms with van der Waals surface area (Å²) in [4.78, 5) is 6.25. The molecule has 98 valence electrons. The van der Waals surface area contributed by atoms with Gasteiger partial charge in [0.25, 0.3) is 6.01 Å². The Hall–Kier alpha value is -2.37. The number of nitrogens with zero attached hydrogens (tertiary/aromatic N) is 4. The number of benzene rings is 1. The molecule has 0 amide bonds. The van der Waals surface area contributed by atoms with Crippen LogP contribution in [0.3, 0.4) is 0 Å². The fraction of sp³-hybridized carbons (Fsp3) is 0.308. The van der Waals surface area contributed by atoms with Crippen LogP contribution in [0.2, 0.25) is 0 Å². The molecule has 0 N–H and O–H groups in total. The molecule has 0 spiro atoms. The lowest BCUT2D eigenvalue weighted by Gasteiger charge is -2.10. The topological polar surface area (TPSA) is 68.2 Å². The molecule has 0 aliphatic carbocycles. The molecule has 0 atom stereocenters. The highest BCUT2D eigenvalue weighted by molar-refractivity contribution is 5.74. The van der Waals surface area contributed by atoms with E-state index in [9.17, 15) is 0 Å². The van der Waals surface area contributed by atoms with Crippen molar-refractivity contribution < 1.29 is 8.83 Å². The van der Waals surface area contributed by atoms with E-state index in [4.69, 9.17) is 8.83 Å². The largest absolute Gasteiger partial charge is 0.423 e. The quantitative estimate of drug-likeness (QED) is 0.715. The van der Waals surface area contributed by atoms with Crippen LogP contribution < -0.4 is 4.90 Å². The second-order valence-electron chi connectivity index (χ2n) is 4.26. The minimum absolute atomic E-state index is 0.472. The number of hydrogen-bond donors (Lipinski definition) is 0. The fourth-order valence-electron chi connectivity index (χ4n) is 1.79. The molecule has 0 unspecified atom stereocenters. The Morgan fingerprint density at radius 1 is 1.11 bits per heavy atom. The van der Waals surface area contributed by atoms with E-state index in [-0.39, 0.29) is 0 Å². The molecule has 0 fully saturated rings. The Balaban J connectivity index is 1.81. The number of aromatic nitrogens is 3. The molecule has 3 rings (SSSR count). The van der Waals surface area contributed by atoms with Gasteiger partial charge >= 0.3 is 0 Å². The van der Waals surface area contributed by atoms with Crippen LogP contribution in [0.5, 0.6) is 0 Å². The number of aryl methyl sites for hydroxylation is 1. The van der Waals surface area contributed by atoms with Crippen molar-refractivity contribution in [3.63, 3.8) is 0 Å². The van der Waals surface area contributed by atoms with Crippen molar-refractivity contribution in [3.8, 4) is 0 Å². The molecular formula is C13H14N4O2. The van der Waals surface area contributed by atoms with Gasteiger partial charge < -0.3 is 13.7 Å². The number of oxazole rings is 1. The summed E-state index contributed by atoms with van der Waals surface area (Å²) < 4.78 is 11.1. The van der Waals surface area contributed by atoms with Crippen molar-refractivity contribution >= 4 is 17.1 Å². The summed E-state index contributed by atoms with van der Waals surface area (Å²) >= 11 is 0. The van der Waals surface area contributed by atoms with Gasteiger partial charge in [0.15, 0.2) is 5.58 Å². The van der Waals surface area contributed by atoms with Gasteiger partial charge in [0.2, 0.25) is 11.8 Å². The van der Waals surface area contributed by atoms with Crippen LogP contribution in [0.4, 0.5) is 6.01 Å². The summed E-state index contributed by atoms with van der Waals surface area (Å²) in [5, 5.41) is 7.91. The molecular weight excluding hydrogens is 244 g/mol. The number of anilines is 1. The van der Waals surface area contributed by atoms with Crippen molar-refractivity contribution in [1.82, 2.24) is 15.2 Å². The maximum atomic E-state index is 5.66. The molecule has 6 heteroatoms. The zero-order chi connectivity index (χ0) is 13.2. The zero-order valence-corrected chi connectivity index (χ0v) is 10.8. The maximum Gasteiger partial charge on any atom is 0.298 e. The van der Waals surface area contributed by atoms with Gasteiger partial charge in [-0.1, -0.05) is 19.1 Å².